The van der Waals surface area contributed by atoms with Crippen molar-refractivity contribution in [3.05, 3.63) is 23.7 Å². The molecule has 0 bridgehead atoms. The summed E-state index contributed by atoms with van der Waals surface area (Å²) >= 11 is 0. The van der Waals surface area contributed by atoms with Gasteiger partial charge in [0.25, 0.3) is 0 Å². The Labute approximate surface area is 116 Å². The predicted octanol–water partition coefficient (Wildman–Crippen LogP) is 1.92. The lowest BCUT2D eigenvalue weighted by Crippen LogP contribution is -2.37. The minimum absolute atomic E-state index is 0.692. The molecular formula is C15H27N3O. The van der Waals surface area contributed by atoms with Crippen LogP contribution in [0.25, 0.3) is 0 Å². The van der Waals surface area contributed by atoms with Gasteiger partial charge in [0.1, 0.15) is 5.76 Å². The van der Waals surface area contributed by atoms with E-state index in [1.807, 2.05) is 6.26 Å². The molecule has 0 amide bonds. The van der Waals surface area contributed by atoms with E-state index < -0.39 is 0 Å². The Morgan fingerprint density at radius 2 is 2.32 bits per heavy atom. The first-order valence-corrected chi connectivity index (χ1v) is 7.35. The topological polar surface area (TPSA) is 31.7 Å². The molecule has 2 heterocycles. The Hall–Kier alpha value is -0.840. The molecule has 0 spiro atoms. The van der Waals surface area contributed by atoms with Crippen molar-refractivity contribution in [3.63, 3.8) is 0 Å². The monoisotopic (exact) mass is 265 g/mol. The molecule has 1 unspecified atom stereocenters. The molecule has 0 aliphatic carbocycles. The molecule has 1 aromatic heterocycles. The molecule has 4 heteroatoms. The van der Waals surface area contributed by atoms with Gasteiger partial charge in [0.2, 0.25) is 0 Å². The van der Waals surface area contributed by atoms with Crippen molar-refractivity contribution in [2.75, 3.05) is 33.7 Å². The van der Waals surface area contributed by atoms with Crippen LogP contribution in [0.4, 0.5) is 0 Å². The molecule has 4 nitrogen and oxygen atoms in total. The second-order valence-electron chi connectivity index (χ2n) is 5.68. The second kappa shape index (κ2) is 7.08. The number of nitrogens with zero attached hydrogens (tertiary/aromatic N) is 2. The van der Waals surface area contributed by atoms with Crippen LogP contribution in [0.15, 0.2) is 16.7 Å². The Morgan fingerprint density at radius 3 is 3.05 bits per heavy atom. The maximum atomic E-state index is 5.59. The van der Waals surface area contributed by atoms with Crippen molar-refractivity contribution in [1.29, 1.82) is 0 Å². The molecule has 0 aromatic carbocycles. The summed E-state index contributed by atoms with van der Waals surface area (Å²) in [6.07, 6.45) is 4.45. The number of rotatable bonds is 7. The summed E-state index contributed by atoms with van der Waals surface area (Å²) in [5.74, 6) is 1.09. The summed E-state index contributed by atoms with van der Waals surface area (Å²) in [5, 5.41) is 3.34. The first kappa shape index (κ1) is 14.6. The van der Waals surface area contributed by atoms with Crippen LogP contribution in [0.3, 0.4) is 0 Å². The largest absolute Gasteiger partial charge is 0.468 e. The van der Waals surface area contributed by atoms with E-state index in [1.165, 1.54) is 24.9 Å². The van der Waals surface area contributed by atoms with Crippen LogP contribution in [0.1, 0.15) is 31.1 Å². The van der Waals surface area contributed by atoms with E-state index in [-0.39, 0.29) is 0 Å². The first-order chi connectivity index (χ1) is 9.20. The van der Waals surface area contributed by atoms with Crippen molar-refractivity contribution >= 4 is 0 Å². The van der Waals surface area contributed by atoms with Crippen molar-refractivity contribution < 1.29 is 4.42 Å². The van der Waals surface area contributed by atoms with Gasteiger partial charge in [-0.05, 0) is 46.1 Å². The standard InChI is InChI=1S/C15H27N3O/c1-4-16-10-15-13(7-9-19-15)11-18-8-5-6-14(18)12-17(2)3/h7,9,14,16H,4-6,8,10-12H2,1-3H3. The third kappa shape index (κ3) is 4.06. The lowest BCUT2D eigenvalue weighted by molar-refractivity contribution is 0.200. The Morgan fingerprint density at radius 1 is 1.47 bits per heavy atom. The summed E-state index contributed by atoms with van der Waals surface area (Å²) in [5.41, 5.74) is 1.34. The maximum absolute atomic E-state index is 5.59. The maximum Gasteiger partial charge on any atom is 0.122 e. The van der Waals surface area contributed by atoms with Gasteiger partial charge in [0, 0.05) is 24.7 Å². The third-order valence-electron chi connectivity index (χ3n) is 3.82. The third-order valence-corrected chi connectivity index (χ3v) is 3.82. The minimum atomic E-state index is 0.692. The number of likely N-dealkylation sites (tertiary alicyclic amines) is 1. The fourth-order valence-corrected chi connectivity index (χ4v) is 2.85. The zero-order valence-electron chi connectivity index (χ0n) is 12.5. The van der Waals surface area contributed by atoms with Crippen LogP contribution in [0.5, 0.6) is 0 Å². The fraction of sp³-hybridized carbons (Fsp3) is 0.733. The highest BCUT2D eigenvalue weighted by Gasteiger charge is 2.25. The van der Waals surface area contributed by atoms with Gasteiger partial charge in [-0.25, -0.2) is 0 Å². The fourth-order valence-electron chi connectivity index (χ4n) is 2.85. The molecule has 1 aliphatic heterocycles. The number of hydrogen-bond acceptors (Lipinski definition) is 4. The lowest BCUT2D eigenvalue weighted by atomic mass is 10.2. The van der Waals surface area contributed by atoms with Crippen LogP contribution in [-0.2, 0) is 13.1 Å². The summed E-state index contributed by atoms with van der Waals surface area (Å²) < 4.78 is 5.59. The van der Waals surface area contributed by atoms with Crippen LogP contribution in [-0.4, -0.2) is 49.6 Å². The van der Waals surface area contributed by atoms with Gasteiger partial charge in [-0.2, -0.15) is 0 Å². The molecule has 1 fully saturated rings. The van der Waals surface area contributed by atoms with Crippen molar-refractivity contribution in [3.8, 4) is 0 Å². The molecule has 2 rings (SSSR count). The Balaban J connectivity index is 1.94. The van der Waals surface area contributed by atoms with Crippen LogP contribution < -0.4 is 5.32 Å². The number of furan rings is 1. The van der Waals surface area contributed by atoms with Crippen molar-refractivity contribution in [2.45, 2.75) is 38.9 Å². The van der Waals surface area contributed by atoms with E-state index in [1.54, 1.807) is 0 Å². The first-order valence-electron chi connectivity index (χ1n) is 7.35. The van der Waals surface area contributed by atoms with Crippen molar-refractivity contribution in [1.82, 2.24) is 15.1 Å². The second-order valence-corrected chi connectivity index (χ2v) is 5.68. The van der Waals surface area contributed by atoms with E-state index in [2.05, 4.69) is 42.2 Å². The average molecular weight is 265 g/mol. The van der Waals surface area contributed by atoms with Gasteiger partial charge in [0.05, 0.1) is 12.8 Å². The molecule has 19 heavy (non-hydrogen) atoms. The normalized spacial score (nSPS) is 20.5. The molecule has 108 valence electrons. The van der Waals surface area contributed by atoms with E-state index in [0.29, 0.717) is 6.04 Å². The van der Waals surface area contributed by atoms with Crippen molar-refractivity contribution in [2.24, 2.45) is 0 Å². The van der Waals surface area contributed by atoms with E-state index in [4.69, 9.17) is 4.42 Å². The summed E-state index contributed by atoms with van der Waals surface area (Å²) in [6.45, 7) is 7.33. The summed E-state index contributed by atoms with van der Waals surface area (Å²) in [6, 6.07) is 2.81. The molecule has 1 aliphatic rings. The van der Waals surface area contributed by atoms with E-state index >= 15 is 0 Å². The van der Waals surface area contributed by atoms with Gasteiger partial charge in [0.15, 0.2) is 0 Å². The van der Waals surface area contributed by atoms with Crippen LogP contribution >= 0.6 is 0 Å². The zero-order valence-corrected chi connectivity index (χ0v) is 12.5. The zero-order chi connectivity index (χ0) is 13.7. The Bertz CT molecular complexity index is 375. The molecule has 1 N–H and O–H groups in total. The van der Waals surface area contributed by atoms with Gasteiger partial charge >= 0.3 is 0 Å². The van der Waals surface area contributed by atoms with E-state index in [0.717, 1.165) is 31.9 Å². The number of nitrogens with one attached hydrogen (secondary N) is 1. The Kier molecular flexibility index (Phi) is 5.43. The van der Waals surface area contributed by atoms with Gasteiger partial charge < -0.3 is 14.6 Å². The average Bonchev–Trinajstić information content (AvgIpc) is 2.97. The minimum Gasteiger partial charge on any atom is -0.468 e. The van der Waals surface area contributed by atoms with Gasteiger partial charge in [-0.15, -0.1) is 0 Å². The lowest BCUT2D eigenvalue weighted by Gasteiger charge is -2.26. The molecule has 1 aromatic rings. The van der Waals surface area contributed by atoms with Crippen LogP contribution in [0.2, 0.25) is 0 Å². The highest BCUT2D eigenvalue weighted by atomic mass is 16.3. The molecule has 1 saturated heterocycles. The predicted molar refractivity (Wildman–Crippen MR) is 78.1 cm³/mol. The summed E-state index contributed by atoms with van der Waals surface area (Å²) in [4.78, 5) is 4.89. The molecule has 0 radical (unpaired) electrons. The van der Waals surface area contributed by atoms with Gasteiger partial charge in [-0.3, -0.25) is 4.90 Å². The van der Waals surface area contributed by atoms with Gasteiger partial charge in [-0.1, -0.05) is 6.92 Å². The molecule has 1 atom stereocenters. The van der Waals surface area contributed by atoms with Crippen LogP contribution in [0, 0.1) is 0 Å². The smallest absolute Gasteiger partial charge is 0.122 e. The van der Waals surface area contributed by atoms with E-state index in [9.17, 15) is 0 Å². The SMILES string of the molecule is CCNCc1occc1CN1CCCC1CN(C)C. The highest BCUT2D eigenvalue weighted by molar-refractivity contribution is 5.17. The number of likely N-dealkylation sites (N-methyl/N-ethyl adjacent to an activating group) is 1. The summed E-state index contributed by atoms with van der Waals surface area (Å²) in [7, 11) is 4.32. The highest BCUT2D eigenvalue weighted by Crippen LogP contribution is 2.22. The molecular weight excluding hydrogens is 238 g/mol. The molecule has 0 saturated carbocycles. The quantitative estimate of drug-likeness (QED) is 0.816. The number of hydrogen-bond donors (Lipinski definition) is 1.